The molecule has 2 aromatic heterocycles. The minimum atomic E-state index is -0.414. The molecule has 6 nitrogen and oxygen atoms in total. The van der Waals surface area contributed by atoms with Crippen LogP contribution < -0.4 is 10.6 Å². The molecule has 25 heavy (non-hydrogen) atoms. The summed E-state index contributed by atoms with van der Waals surface area (Å²) in [6, 6.07) is 8.48. The molecule has 4 rings (SSSR count). The van der Waals surface area contributed by atoms with Gasteiger partial charge in [-0.2, -0.15) is 0 Å². The van der Waals surface area contributed by atoms with Gasteiger partial charge in [0, 0.05) is 23.6 Å². The van der Waals surface area contributed by atoms with Gasteiger partial charge >= 0.3 is 0 Å². The number of rotatable bonds is 4. The molecule has 0 spiro atoms. The highest BCUT2D eigenvalue weighted by Gasteiger charge is 2.28. The summed E-state index contributed by atoms with van der Waals surface area (Å²) in [6.45, 7) is 3.90. The molecule has 0 aliphatic carbocycles. The second-order valence-corrected chi connectivity index (χ2v) is 7.24. The summed E-state index contributed by atoms with van der Waals surface area (Å²) < 4.78 is 5.71. The highest BCUT2D eigenvalue weighted by molar-refractivity contribution is 7.17. The summed E-state index contributed by atoms with van der Waals surface area (Å²) in [6.07, 6.45) is 2.92. The fraction of sp³-hybridized carbons (Fsp3) is 0.333. The molecule has 1 unspecified atom stereocenters. The van der Waals surface area contributed by atoms with Gasteiger partial charge in [0.05, 0.1) is 24.9 Å². The second-order valence-electron chi connectivity index (χ2n) is 6.26. The van der Waals surface area contributed by atoms with Gasteiger partial charge in [-0.15, -0.1) is 0 Å². The molecule has 1 aromatic carbocycles. The number of morpholine rings is 1. The fourth-order valence-electron chi connectivity index (χ4n) is 3.36. The maximum atomic E-state index is 11.5. The van der Waals surface area contributed by atoms with Crippen molar-refractivity contribution in [3.8, 4) is 0 Å². The quantitative estimate of drug-likeness (QED) is 0.752. The number of aromatic amines is 1. The van der Waals surface area contributed by atoms with Crippen LogP contribution in [-0.2, 0) is 11.2 Å². The SMILES string of the molecule is Cc1nc(N2CCOCC2Cc2c[nH]c3ccccc23)sc1C(N)=O. The number of anilines is 1. The minimum Gasteiger partial charge on any atom is -0.377 e. The van der Waals surface area contributed by atoms with Gasteiger partial charge in [0.1, 0.15) is 4.88 Å². The van der Waals surface area contributed by atoms with Crippen LogP contribution in [-0.4, -0.2) is 41.7 Å². The molecule has 3 heterocycles. The van der Waals surface area contributed by atoms with Crippen LogP contribution in [0.15, 0.2) is 30.5 Å². The number of aryl methyl sites for hydroxylation is 1. The molecule has 1 saturated heterocycles. The van der Waals surface area contributed by atoms with E-state index in [1.165, 1.54) is 22.3 Å². The zero-order valence-electron chi connectivity index (χ0n) is 14.0. The molecule has 0 saturated carbocycles. The molecule has 3 N–H and O–H groups in total. The maximum Gasteiger partial charge on any atom is 0.260 e. The molecule has 1 aliphatic heterocycles. The summed E-state index contributed by atoms with van der Waals surface area (Å²) in [7, 11) is 0. The van der Waals surface area contributed by atoms with Gasteiger partial charge in [-0.25, -0.2) is 4.98 Å². The lowest BCUT2D eigenvalue weighted by Gasteiger charge is -2.35. The maximum absolute atomic E-state index is 11.5. The smallest absolute Gasteiger partial charge is 0.260 e. The molecular weight excluding hydrogens is 336 g/mol. The zero-order valence-corrected chi connectivity index (χ0v) is 14.8. The Morgan fingerprint density at radius 1 is 1.48 bits per heavy atom. The van der Waals surface area contributed by atoms with Crippen LogP contribution in [0.25, 0.3) is 10.9 Å². The average molecular weight is 356 g/mol. The molecule has 130 valence electrons. The molecule has 7 heteroatoms. The van der Waals surface area contributed by atoms with Crippen molar-refractivity contribution >= 4 is 33.3 Å². The van der Waals surface area contributed by atoms with Crippen LogP contribution in [0.5, 0.6) is 0 Å². The second kappa shape index (κ2) is 6.50. The number of amides is 1. The van der Waals surface area contributed by atoms with E-state index in [0.29, 0.717) is 23.8 Å². The Labute approximate surface area is 149 Å². The number of para-hydroxylation sites is 1. The summed E-state index contributed by atoms with van der Waals surface area (Å²) in [4.78, 5) is 22.2. The van der Waals surface area contributed by atoms with Gasteiger partial charge in [-0.1, -0.05) is 29.5 Å². The largest absolute Gasteiger partial charge is 0.377 e. The first-order chi connectivity index (χ1) is 12.1. The number of hydrogen-bond donors (Lipinski definition) is 2. The van der Waals surface area contributed by atoms with E-state index in [-0.39, 0.29) is 6.04 Å². The highest BCUT2D eigenvalue weighted by Crippen LogP contribution is 2.30. The van der Waals surface area contributed by atoms with E-state index < -0.39 is 5.91 Å². The first kappa shape index (κ1) is 16.1. The van der Waals surface area contributed by atoms with Crippen LogP contribution in [0.2, 0.25) is 0 Å². The minimum absolute atomic E-state index is 0.180. The number of thiazole rings is 1. The number of carbonyl (C=O) groups excluding carboxylic acids is 1. The van der Waals surface area contributed by atoms with Crippen molar-refractivity contribution in [3.05, 3.63) is 46.6 Å². The third-order valence-electron chi connectivity index (χ3n) is 4.61. The predicted molar refractivity (Wildman–Crippen MR) is 99.3 cm³/mol. The number of nitrogens with two attached hydrogens (primary N) is 1. The lowest BCUT2D eigenvalue weighted by atomic mass is 10.0. The van der Waals surface area contributed by atoms with Crippen LogP contribution in [0.1, 0.15) is 20.9 Å². The Bertz CT molecular complexity index is 917. The third kappa shape index (κ3) is 3.01. The van der Waals surface area contributed by atoms with E-state index in [0.717, 1.165) is 23.6 Å². The number of hydrogen-bond acceptors (Lipinski definition) is 5. The van der Waals surface area contributed by atoms with Crippen molar-refractivity contribution in [2.24, 2.45) is 5.73 Å². The van der Waals surface area contributed by atoms with Crippen LogP contribution in [0.3, 0.4) is 0 Å². The number of nitrogens with zero attached hydrogens (tertiary/aromatic N) is 2. The first-order valence-corrected chi connectivity index (χ1v) is 9.11. The van der Waals surface area contributed by atoms with Crippen LogP contribution in [0, 0.1) is 6.92 Å². The van der Waals surface area contributed by atoms with Crippen molar-refractivity contribution in [3.63, 3.8) is 0 Å². The summed E-state index contributed by atoms with van der Waals surface area (Å²) in [5.41, 5.74) is 8.55. The van der Waals surface area contributed by atoms with Gasteiger partial charge in [-0.05, 0) is 25.0 Å². The number of ether oxygens (including phenoxy) is 1. The van der Waals surface area contributed by atoms with Gasteiger partial charge in [0.2, 0.25) is 0 Å². The molecule has 3 aromatic rings. The Balaban J connectivity index is 1.63. The standard InChI is InChI=1S/C18H20N4O2S/c1-11-16(17(19)23)25-18(21-11)22-6-7-24-10-13(22)8-12-9-20-15-5-3-2-4-14(12)15/h2-5,9,13,20H,6-8,10H2,1H3,(H2,19,23). The van der Waals surface area contributed by atoms with Crippen molar-refractivity contribution in [2.75, 3.05) is 24.7 Å². The molecule has 1 atom stereocenters. The number of carbonyl (C=O) groups is 1. The zero-order chi connectivity index (χ0) is 17.4. The van der Waals surface area contributed by atoms with E-state index in [9.17, 15) is 4.79 Å². The summed E-state index contributed by atoms with van der Waals surface area (Å²) in [5.74, 6) is -0.414. The van der Waals surface area contributed by atoms with Crippen molar-refractivity contribution in [1.29, 1.82) is 0 Å². The average Bonchev–Trinajstić information content (AvgIpc) is 3.20. The Morgan fingerprint density at radius 2 is 2.32 bits per heavy atom. The fourth-order valence-corrected chi connectivity index (χ4v) is 4.38. The Hall–Kier alpha value is -2.38. The highest BCUT2D eigenvalue weighted by atomic mass is 32.1. The molecule has 1 fully saturated rings. The number of fused-ring (bicyclic) bond motifs is 1. The Morgan fingerprint density at radius 3 is 3.12 bits per heavy atom. The van der Waals surface area contributed by atoms with E-state index in [1.54, 1.807) is 0 Å². The number of benzene rings is 1. The molecular formula is C18H20N4O2S. The molecule has 1 aliphatic rings. The van der Waals surface area contributed by atoms with Gasteiger partial charge in [0.25, 0.3) is 5.91 Å². The van der Waals surface area contributed by atoms with E-state index >= 15 is 0 Å². The van der Waals surface area contributed by atoms with Crippen molar-refractivity contribution in [1.82, 2.24) is 9.97 Å². The number of primary amides is 1. The molecule has 1 amide bonds. The van der Waals surface area contributed by atoms with Gasteiger partial charge in [-0.3, -0.25) is 4.79 Å². The lowest BCUT2D eigenvalue weighted by Crippen LogP contribution is -2.46. The van der Waals surface area contributed by atoms with Gasteiger partial charge < -0.3 is 20.4 Å². The first-order valence-electron chi connectivity index (χ1n) is 8.30. The van der Waals surface area contributed by atoms with E-state index in [4.69, 9.17) is 10.5 Å². The Kier molecular flexibility index (Phi) is 4.19. The molecule has 0 bridgehead atoms. The van der Waals surface area contributed by atoms with Crippen molar-refractivity contribution < 1.29 is 9.53 Å². The molecule has 0 radical (unpaired) electrons. The predicted octanol–water partition coefficient (Wildman–Crippen LogP) is 2.48. The third-order valence-corrected chi connectivity index (χ3v) is 5.82. The van der Waals surface area contributed by atoms with Crippen LogP contribution in [0.4, 0.5) is 5.13 Å². The summed E-state index contributed by atoms with van der Waals surface area (Å²) >= 11 is 1.37. The van der Waals surface area contributed by atoms with Gasteiger partial charge in [0.15, 0.2) is 5.13 Å². The number of aromatic nitrogens is 2. The van der Waals surface area contributed by atoms with E-state index in [2.05, 4.69) is 39.3 Å². The normalized spacial score (nSPS) is 18.0. The summed E-state index contributed by atoms with van der Waals surface area (Å²) in [5, 5.41) is 2.08. The topological polar surface area (TPSA) is 84.2 Å². The van der Waals surface area contributed by atoms with E-state index in [1.807, 2.05) is 13.0 Å². The lowest BCUT2D eigenvalue weighted by molar-refractivity contribution is 0.0941. The number of nitrogens with one attached hydrogen (secondary N) is 1. The van der Waals surface area contributed by atoms with Crippen molar-refractivity contribution in [2.45, 2.75) is 19.4 Å². The number of H-pyrrole nitrogens is 1. The van der Waals surface area contributed by atoms with Crippen LogP contribution >= 0.6 is 11.3 Å². The monoisotopic (exact) mass is 356 g/mol.